The maximum absolute atomic E-state index is 13.0. The Morgan fingerprint density at radius 2 is 1.53 bits per heavy atom. The van der Waals surface area contributed by atoms with Gasteiger partial charge < -0.3 is 9.47 Å². The number of methoxy groups -OCH3 is 1. The number of nitrogens with zero attached hydrogens (tertiary/aromatic N) is 1. The van der Waals surface area contributed by atoms with Crippen LogP contribution in [0, 0.1) is 6.92 Å². The Balaban J connectivity index is 1.83. The van der Waals surface area contributed by atoms with Gasteiger partial charge in [-0.1, -0.05) is 90.5 Å². The van der Waals surface area contributed by atoms with Crippen LogP contribution in [0.15, 0.2) is 103 Å². The molecule has 4 nitrogen and oxygen atoms in total. The van der Waals surface area contributed by atoms with E-state index in [1.54, 1.807) is 7.11 Å². The van der Waals surface area contributed by atoms with Crippen LogP contribution in [0.4, 0.5) is 0 Å². The van der Waals surface area contributed by atoms with Crippen LogP contribution < -0.4 is 4.74 Å². The highest BCUT2D eigenvalue weighted by atomic mass is 16.5. The first-order valence-electron chi connectivity index (χ1n) is 13.2. The highest BCUT2D eigenvalue weighted by Gasteiger charge is 2.29. The Hall–Kier alpha value is -3.89. The molecular formula is C34H37NO3. The summed E-state index contributed by atoms with van der Waals surface area (Å²) in [6, 6.07) is 35.5. The summed E-state index contributed by atoms with van der Waals surface area (Å²) in [5, 5.41) is 0. The second-order valence-corrected chi connectivity index (χ2v) is 9.63. The fourth-order valence-corrected chi connectivity index (χ4v) is 5.01. The van der Waals surface area contributed by atoms with Crippen molar-refractivity contribution in [1.82, 2.24) is 4.90 Å². The van der Waals surface area contributed by atoms with Gasteiger partial charge in [-0.3, -0.25) is 9.69 Å². The molecule has 2 unspecified atom stereocenters. The summed E-state index contributed by atoms with van der Waals surface area (Å²) in [6.07, 6.45) is 0.263. The number of benzene rings is 4. The first-order valence-corrected chi connectivity index (χ1v) is 13.2. The summed E-state index contributed by atoms with van der Waals surface area (Å²) in [4.78, 5) is 15.4. The Morgan fingerprint density at radius 1 is 0.816 bits per heavy atom. The minimum atomic E-state index is -0.194. The van der Waals surface area contributed by atoms with Crippen LogP contribution in [0.5, 0.6) is 5.75 Å². The number of carbonyl (C=O) groups is 1. The van der Waals surface area contributed by atoms with Crippen LogP contribution in [0.1, 0.15) is 54.6 Å². The Morgan fingerprint density at radius 3 is 2.21 bits per heavy atom. The fourth-order valence-electron chi connectivity index (χ4n) is 5.01. The molecule has 0 radical (unpaired) electrons. The summed E-state index contributed by atoms with van der Waals surface area (Å²) in [5.74, 6) is 0.622. The third-order valence-electron chi connectivity index (χ3n) is 6.94. The summed E-state index contributed by atoms with van der Waals surface area (Å²) in [7, 11) is 1.68. The van der Waals surface area contributed by atoms with Crippen molar-refractivity contribution in [3.63, 3.8) is 0 Å². The average molecular weight is 508 g/mol. The molecule has 0 amide bonds. The molecule has 0 heterocycles. The Labute approximate surface area is 226 Å². The van der Waals surface area contributed by atoms with Crippen molar-refractivity contribution < 1.29 is 14.3 Å². The minimum Gasteiger partial charge on any atom is -0.497 e. The molecule has 0 aromatic heterocycles. The molecule has 4 heteroatoms. The summed E-state index contributed by atoms with van der Waals surface area (Å²) >= 11 is 0. The van der Waals surface area contributed by atoms with Gasteiger partial charge in [0.15, 0.2) is 0 Å². The van der Waals surface area contributed by atoms with Crippen molar-refractivity contribution in [3.05, 3.63) is 125 Å². The van der Waals surface area contributed by atoms with Crippen LogP contribution in [0.2, 0.25) is 0 Å². The highest BCUT2D eigenvalue weighted by molar-refractivity contribution is 5.71. The molecule has 0 bridgehead atoms. The molecule has 4 rings (SSSR count). The zero-order valence-electron chi connectivity index (χ0n) is 22.8. The largest absolute Gasteiger partial charge is 0.497 e. The third-order valence-corrected chi connectivity index (χ3v) is 6.94. The van der Waals surface area contributed by atoms with Gasteiger partial charge in [0.1, 0.15) is 5.75 Å². The predicted octanol–water partition coefficient (Wildman–Crippen LogP) is 7.93. The molecular weight excluding hydrogens is 470 g/mol. The topological polar surface area (TPSA) is 38.8 Å². The van der Waals surface area contributed by atoms with Gasteiger partial charge in [0.05, 0.1) is 20.1 Å². The van der Waals surface area contributed by atoms with Crippen LogP contribution >= 0.6 is 0 Å². The van der Waals surface area contributed by atoms with E-state index in [4.69, 9.17) is 9.47 Å². The SMILES string of the molecule is CCOC(=O)CC(c1cc(C)cc(-c2cccc(OC)c2)c1)N(Cc1ccccc1)C(C)c1ccccc1. The molecule has 0 spiro atoms. The lowest BCUT2D eigenvalue weighted by atomic mass is 9.92. The van der Waals surface area contributed by atoms with E-state index in [1.807, 2.05) is 37.3 Å². The lowest BCUT2D eigenvalue weighted by Gasteiger charge is -2.37. The number of rotatable bonds is 11. The van der Waals surface area contributed by atoms with Gasteiger partial charge in [-0.2, -0.15) is 0 Å². The van der Waals surface area contributed by atoms with Crippen molar-refractivity contribution >= 4 is 5.97 Å². The first kappa shape index (κ1) is 27.2. The average Bonchev–Trinajstić information content (AvgIpc) is 2.95. The molecule has 196 valence electrons. The zero-order valence-corrected chi connectivity index (χ0v) is 22.8. The lowest BCUT2D eigenvalue weighted by molar-refractivity contribution is -0.145. The van der Waals surface area contributed by atoms with Crippen LogP contribution in [-0.2, 0) is 16.1 Å². The zero-order chi connectivity index (χ0) is 26.9. The summed E-state index contributed by atoms with van der Waals surface area (Å²) in [6.45, 7) is 7.24. The molecule has 0 aliphatic carbocycles. The van der Waals surface area contributed by atoms with Gasteiger partial charge in [0.25, 0.3) is 0 Å². The van der Waals surface area contributed by atoms with Crippen molar-refractivity contribution in [2.75, 3.05) is 13.7 Å². The normalized spacial score (nSPS) is 12.7. The van der Waals surface area contributed by atoms with Crippen molar-refractivity contribution in [1.29, 1.82) is 0 Å². The maximum atomic E-state index is 13.0. The second kappa shape index (κ2) is 13.1. The van der Waals surface area contributed by atoms with Gasteiger partial charge in [-0.15, -0.1) is 0 Å². The van der Waals surface area contributed by atoms with Crippen molar-refractivity contribution in [2.45, 2.75) is 45.8 Å². The number of hydrogen-bond acceptors (Lipinski definition) is 4. The maximum Gasteiger partial charge on any atom is 0.307 e. The van der Waals surface area contributed by atoms with Gasteiger partial charge in [-0.25, -0.2) is 0 Å². The van der Waals surface area contributed by atoms with Crippen LogP contribution in [0.25, 0.3) is 11.1 Å². The van der Waals surface area contributed by atoms with Crippen LogP contribution in [-0.4, -0.2) is 24.6 Å². The van der Waals surface area contributed by atoms with E-state index in [2.05, 4.69) is 91.5 Å². The molecule has 0 N–H and O–H groups in total. The number of hydrogen-bond donors (Lipinski definition) is 0. The number of ether oxygens (including phenoxy) is 2. The standard InChI is InChI=1S/C34H37NO3/c1-5-38-34(36)23-33(31-20-25(2)19-30(21-31)29-17-12-18-32(22-29)37-4)35(24-27-13-8-6-9-14-27)26(3)28-15-10-7-11-16-28/h6-22,26,33H,5,23-24H2,1-4H3. The molecule has 4 aromatic carbocycles. The summed E-state index contributed by atoms with van der Waals surface area (Å²) < 4.78 is 11.0. The van der Waals surface area contributed by atoms with E-state index in [0.29, 0.717) is 13.2 Å². The van der Waals surface area contributed by atoms with Gasteiger partial charge in [-0.05, 0) is 66.8 Å². The molecule has 0 aliphatic heterocycles. The Kier molecular flexibility index (Phi) is 9.34. The van der Waals surface area contributed by atoms with E-state index in [9.17, 15) is 4.79 Å². The third kappa shape index (κ3) is 6.90. The molecule has 38 heavy (non-hydrogen) atoms. The van der Waals surface area contributed by atoms with E-state index in [-0.39, 0.29) is 24.5 Å². The second-order valence-electron chi connectivity index (χ2n) is 9.63. The molecule has 0 fully saturated rings. The molecule has 4 aromatic rings. The van der Waals surface area contributed by atoms with E-state index >= 15 is 0 Å². The molecule has 2 atom stereocenters. The molecule has 0 saturated carbocycles. The monoisotopic (exact) mass is 507 g/mol. The van der Waals surface area contributed by atoms with Gasteiger partial charge >= 0.3 is 5.97 Å². The predicted molar refractivity (Wildman–Crippen MR) is 154 cm³/mol. The minimum absolute atomic E-state index is 0.0663. The molecule has 0 saturated heterocycles. The molecule has 0 aliphatic rings. The fraction of sp³-hybridized carbons (Fsp3) is 0.265. The number of carbonyl (C=O) groups excluding carboxylic acids is 1. The number of aryl methyl sites for hydroxylation is 1. The van der Waals surface area contributed by atoms with Gasteiger partial charge in [0.2, 0.25) is 0 Å². The lowest BCUT2D eigenvalue weighted by Crippen LogP contribution is -2.33. The Bertz CT molecular complexity index is 1320. The first-order chi connectivity index (χ1) is 18.5. The van der Waals surface area contributed by atoms with E-state index in [1.165, 1.54) is 11.1 Å². The smallest absolute Gasteiger partial charge is 0.307 e. The highest BCUT2D eigenvalue weighted by Crippen LogP contribution is 2.37. The quantitative estimate of drug-likeness (QED) is 0.193. The van der Waals surface area contributed by atoms with E-state index in [0.717, 1.165) is 28.0 Å². The summed E-state index contributed by atoms with van der Waals surface area (Å²) in [5.41, 5.74) is 6.81. The number of esters is 1. The van der Waals surface area contributed by atoms with Gasteiger partial charge in [0, 0.05) is 18.6 Å². The van der Waals surface area contributed by atoms with Crippen molar-refractivity contribution in [2.24, 2.45) is 0 Å². The van der Waals surface area contributed by atoms with Crippen molar-refractivity contribution in [3.8, 4) is 16.9 Å². The van der Waals surface area contributed by atoms with Crippen LogP contribution in [0.3, 0.4) is 0 Å². The van der Waals surface area contributed by atoms with E-state index < -0.39 is 0 Å².